The van der Waals surface area contributed by atoms with E-state index in [1.807, 2.05) is 19.9 Å². The zero-order chi connectivity index (χ0) is 10.7. The Morgan fingerprint density at radius 2 is 2.14 bits per heavy atom. The first kappa shape index (κ1) is 10.9. The number of phenolic OH excluding ortho intramolecular Hbond substituents is 1. The summed E-state index contributed by atoms with van der Waals surface area (Å²) in [6, 6.07) is 3.61. The summed E-state index contributed by atoms with van der Waals surface area (Å²) in [6.45, 7) is 3.77. The monoisotopic (exact) mass is 195 g/mol. The van der Waals surface area contributed by atoms with Crippen molar-refractivity contribution in [1.82, 2.24) is 0 Å². The van der Waals surface area contributed by atoms with Gasteiger partial charge in [-0.3, -0.25) is 0 Å². The largest absolute Gasteiger partial charge is 0.508 e. The molecule has 14 heavy (non-hydrogen) atoms. The molecule has 0 aliphatic rings. The molecule has 3 N–H and O–H groups in total. The van der Waals surface area contributed by atoms with Crippen molar-refractivity contribution in [2.75, 3.05) is 7.11 Å². The van der Waals surface area contributed by atoms with Crippen LogP contribution in [0.15, 0.2) is 12.1 Å². The van der Waals surface area contributed by atoms with Crippen LogP contribution in [0, 0.1) is 6.92 Å². The maximum atomic E-state index is 9.54. The molecule has 0 spiro atoms. The van der Waals surface area contributed by atoms with Gasteiger partial charge >= 0.3 is 0 Å². The number of hydrogen-bond acceptors (Lipinski definition) is 3. The molecule has 0 aromatic heterocycles. The Morgan fingerprint density at radius 3 is 2.64 bits per heavy atom. The van der Waals surface area contributed by atoms with Gasteiger partial charge in [0.1, 0.15) is 11.5 Å². The molecule has 1 rings (SSSR count). The first-order valence-electron chi connectivity index (χ1n) is 4.66. The van der Waals surface area contributed by atoms with Gasteiger partial charge in [-0.05, 0) is 43.5 Å². The summed E-state index contributed by atoms with van der Waals surface area (Å²) in [6.07, 6.45) is 0.705. The summed E-state index contributed by atoms with van der Waals surface area (Å²) in [5.41, 5.74) is 7.46. The molecule has 0 heterocycles. The number of methoxy groups -OCH3 is 1. The van der Waals surface area contributed by atoms with E-state index in [1.54, 1.807) is 13.2 Å². The van der Waals surface area contributed by atoms with Crippen molar-refractivity contribution in [3.05, 3.63) is 23.3 Å². The van der Waals surface area contributed by atoms with Gasteiger partial charge in [-0.1, -0.05) is 0 Å². The first-order valence-corrected chi connectivity index (χ1v) is 4.66. The minimum atomic E-state index is 0.0611. The molecule has 3 nitrogen and oxygen atoms in total. The van der Waals surface area contributed by atoms with Crippen LogP contribution in [0.25, 0.3) is 0 Å². The van der Waals surface area contributed by atoms with Crippen LogP contribution in [0.3, 0.4) is 0 Å². The van der Waals surface area contributed by atoms with Crippen molar-refractivity contribution in [2.24, 2.45) is 5.73 Å². The fourth-order valence-corrected chi connectivity index (χ4v) is 1.41. The fourth-order valence-electron chi connectivity index (χ4n) is 1.41. The average molecular weight is 195 g/mol. The van der Waals surface area contributed by atoms with Gasteiger partial charge in [0.05, 0.1) is 7.11 Å². The van der Waals surface area contributed by atoms with E-state index in [-0.39, 0.29) is 6.04 Å². The summed E-state index contributed by atoms with van der Waals surface area (Å²) >= 11 is 0. The Bertz CT molecular complexity index is 321. The summed E-state index contributed by atoms with van der Waals surface area (Å²) < 4.78 is 5.22. The Balaban J connectivity index is 3.07. The third-order valence-corrected chi connectivity index (χ3v) is 2.14. The lowest BCUT2D eigenvalue weighted by molar-refractivity contribution is 0.404. The van der Waals surface area contributed by atoms with Crippen LogP contribution in [0.4, 0.5) is 0 Å². The number of aryl methyl sites for hydroxylation is 1. The highest BCUT2D eigenvalue weighted by atomic mass is 16.5. The third-order valence-electron chi connectivity index (χ3n) is 2.14. The minimum Gasteiger partial charge on any atom is -0.508 e. The topological polar surface area (TPSA) is 55.5 Å². The Hall–Kier alpha value is -1.22. The molecule has 0 aliphatic heterocycles. The zero-order valence-corrected chi connectivity index (χ0v) is 8.87. The zero-order valence-electron chi connectivity index (χ0n) is 8.87. The predicted molar refractivity (Wildman–Crippen MR) is 56.7 cm³/mol. The molecule has 1 aromatic carbocycles. The average Bonchev–Trinajstić information content (AvgIpc) is 2.10. The highest BCUT2D eigenvalue weighted by Gasteiger charge is 2.08. The Kier molecular flexibility index (Phi) is 3.36. The quantitative estimate of drug-likeness (QED) is 0.770. The predicted octanol–water partition coefficient (Wildman–Crippen LogP) is 1.60. The van der Waals surface area contributed by atoms with Gasteiger partial charge in [0.2, 0.25) is 0 Å². The van der Waals surface area contributed by atoms with Crippen molar-refractivity contribution >= 4 is 0 Å². The van der Waals surface area contributed by atoms with Gasteiger partial charge < -0.3 is 15.6 Å². The van der Waals surface area contributed by atoms with Crippen molar-refractivity contribution in [3.63, 3.8) is 0 Å². The van der Waals surface area contributed by atoms with Crippen LogP contribution in [-0.2, 0) is 6.42 Å². The number of nitrogens with two attached hydrogens (primary N) is 1. The summed E-state index contributed by atoms with van der Waals surface area (Å²) in [5, 5.41) is 9.54. The molecule has 0 saturated carbocycles. The number of aromatic hydroxyl groups is 1. The first-order chi connectivity index (χ1) is 6.54. The molecule has 0 saturated heterocycles. The molecule has 0 fully saturated rings. The van der Waals surface area contributed by atoms with Gasteiger partial charge in [0.25, 0.3) is 0 Å². The standard InChI is InChI=1S/C11H17NO2/c1-7-4-11(14-3)9(5-8(2)12)6-10(7)13/h4,6,8,13H,5,12H2,1-3H3/t8-/m0/s1. The van der Waals surface area contributed by atoms with E-state index in [0.29, 0.717) is 12.2 Å². The molecule has 0 radical (unpaired) electrons. The van der Waals surface area contributed by atoms with Crippen LogP contribution in [-0.4, -0.2) is 18.3 Å². The van der Waals surface area contributed by atoms with E-state index < -0.39 is 0 Å². The van der Waals surface area contributed by atoms with Gasteiger partial charge in [0, 0.05) is 6.04 Å². The second kappa shape index (κ2) is 4.33. The van der Waals surface area contributed by atoms with Gasteiger partial charge in [-0.25, -0.2) is 0 Å². The fraction of sp³-hybridized carbons (Fsp3) is 0.455. The second-order valence-electron chi connectivity index (χ2n) is 3.63. The molecule has 1 atom stereocenters. The van der Waals surface area contributed by atoms with Crippen molar-refractivity contribution < 1.29 is 9.84 Å². The molecule has 0 unspecified atom stereocenters. The third kappa shape index (κ3) is 2.39. The van der Waals surface area contributed by atoms with E-state index >= 15 is 0 Å². The van der Waals surface area contributed by atoms with E-state index in [1.165, 1.54) is 0 Å². The lowest BCUT2D eigenvalue weighted by Gasteiger charge is -2.12. The number of rotatable bonds is 3. The van der Waals surface area contributed by atoms with Gasteiger partial charge in [-0.2, -0.15) is 0 Å². The highest BCUT2D eigenvalue weighted by molar-refractivity contribution is 5.45. The molecular formula is C11H17NO2. The molecule has 0 bridgehead atoms. The normalized spacial score (nSPS) is 12.6. The van der Waals surface area contributed by atoms with Gasteiger partial charge in [0.15, 0.2) is 0 Å². The molecule has 0 aliphatic carbocycles. The molecule has 0 amide bonds. The van der Waals surface area contributed by atoms with E-state index in [0.717, 1.165) is 16.9 Å². The van der Waals surface area contributed by atoms with Crippen LogP contribution >= 0.6 is 0 Å². The van der Waals surface area contributed by atoms with Crippen molar-refractivity contribution in [3.8, 4) is 11.5 Å². The Labute approximate surface area is 84.5 Å². The van der Waals surface area contributed by atoms with Crippen molar-refractivity contribution in [1.29, 1.82) is 0 Å². The second-order valence-corrected chi connectivity index (χ2v) is 3.63. The summed E-state index contributed by atoms with van der Waals surface area (Å²) in [4.78, 5) is 0. The van der Waals surface area contributed by atoms with E-state index in [4.69, 9.17) is 10.5 Å². The maximum Gasteiger partial charge on any atom is 0.122 e. The minimum absolute atomic E-state index is 0.0611. The number of benzene rings is 1. The molecule has 3 heteroatoms. The smallest absolute Gasteiger partial charge is 0.122 e. The number of phenols is 1. The highest BCUT2D eigenvalue weighted by Crippen LogP contribution is 2.27. The van der Waals surface area contributed by atoms with Crippen LogP contribution in [0.5, 0.6) is 11.5 Å². The maximum absolute atomic E-state index is 9.54. The van der Waals surface area contributed by atoms with Crippen LogP contribution in [0.2, 0.25) is 0 Å². The summed E-state index contributed by atoms with van der Waals surface area (Å²) in [5.74, 6) is 1.08. The molecule has 78 valence electrons. The lowest BCUT2D eigenvalue weighted by atomic mass is 10.0. The Morgan fingerprint density at radius 1 is 1.50 bits per heavy atom. The van der Waals surface area contributed by atoms with E-state index in [9.17, 15) is 5.11 Å². The lowest BCUT2D eigenvalue weighted by Crippen LogP contribution is -2.18. The molecular weight excluding hydrogens is 178 g/mol. The van der Waals surface area contributed by atoms with Gasteiger partial charge in [-0.15, -0.1) is 0 Å². The number of ether oxygens (including phenoxy) is 1. The summed E-state index contributed by atoms with van der Waals surface area (Å²) in [7, 11) is 1.62. The van der Waals surface area contributed by atoms with Crippen molar-refractivity contribution in [2.45, 2.75) is 26.3 Å². The SMILES string of the molecule is COc1cc(C)c(O)cc1C[C@H](C)N. The molecule has 1 aromatic rings. The van der Waals surface area contributed by atoms with Crippen LogP contribution < -0.4 is 10.5 Å². The van der Waals surface area contributed by atoms with E-state index in [2.05, 4.69) is 0 Å². The number of hydrogen-bond donors (Lipinski definition) is 2. The van der Waals surface area contributed by atoms with Crippen LogP contribution in [0.1, 0.15) is 18.1 Å².